The third-order valence-corrected chi connectivity index (χ3v) is 12.1. The van der Waals surface area contributed by atoms with Crippen molar-refractivity contribution in [2.24, 2.45) is 0 Å². The number of ether oxygens (including phenoxy) is 2. The van der Waals surface area contributed by atoms with Gasteiger partial charge in [0.15, 0.2) is 0 Å². The van der Waals surface area contributed by atoms with Crippen LogP contribution in [-0.2, 0) is 22.1 Å². The van der Waals surface area contributed by atoms with Crippen LogP contribution >= 0.6 is 0 Å². The molecular formula is C36H52N6O4S. The van der Waals surface area contributed by atoms with E-state index in [1.165, 1.54) is 5.56 Å². The molecule has 1 N–H and O–H groups in total. The Morgan fingerprint density at radius 3 is 2.43 bits per heavy atom. The molecule has 47 heavy (non-hydrogen) atoms. The summed E-state index contributed by atoms with van der Waals surface area (Å²) < 4.78 is 40.8. The molecule has 2 aliphatic heterocycles. The second kappa shape index (κ2) is 15.9. The van der Waals surface area contributed by atoms with E-state index in [9.17, 15) is 8.42 Å². The van der Waals surface area contributed by atoms with Gasteiger partial charge in [-0.2, -0.15) is 9.29 Å². The molecule has 10 nitrogen and oxygen atoms in total. The summed E-state index contributed by atoms with van der Waals surface area (Å²) >= 11 is 0. The van der Waals surface area contributed by atoms with Crippen LogP contribution in [0, 0.1) is 13.8 Å². The van der Waals surface area contributed by atoms with Crippen LogP contribution in [0.4, 0.5) is 0 Å². The predicted molar refractivity (Wildman–Crippen MR) is 185 cm³/mol. The maximum atomic E-state index is 13.9. The third kappa shape index (κ3) is 8.32. The van der Waals surface area contributed by atoms with E-state index in [2.05, 4.69) is 69.5 Å². The summed E-state index contributed by atoms with van der Waals surface area (Å²) in [5.74, 6) is 1.79. The van der Waals surface area contributed by atoms with Crippen molar-refractivity contribution in [2.75, 3.05) is 60.5 Å². The summed E-state index contributed by atoms with van der Waals surface area (Å²) in [5, 5.41) is 3.49. The highest BCUT2D eigenvalue weighted by Gasteiger charge is 2.38. The van der Waals surface area contributed by atoms with E-state index in [0.29, 0.717) is 46.6 Å². The van der Waals surface area contributed by atoms with Crippen LogP contribution in [0.15, 0.2) is 59.6 Å². The number of hydrogen-bond donors (Lipinski definition) is 1. The maximum Gasteiger partial charge on any atom is 0.243 e. The van der Waals surface area contributed by atoms with Gasteiger partial charge in [0, 0.05) is 37.4 Å². The molecule has 2 aliphatic rings. The predicted octanol–water partition coefficient (Wildman–Crippen LogP) is 4.76. The van der Waals surface area contributed by atoms with Gasteiger partial charge in [-0.15, -0.1) is 0 Å². The molecule has 3 aromatic rings. The van der Waals surface area contributed by atoms with E-state index >= 15 is 0 Å². The first-order valence-electron chi connectivity index (χ1n) is 16.9. The third-order valence-electron chi connectivity index (χ3n) is 9.87. The molecule has 2 aromatic carbocycles. The zero-order valence-corrected chi connectivity index (χ0v) is 29.6. The number of aromatic nitrogens is 2. The van der Waals surface area contributed by atoms with Crippen LogP contribution in [0.3, 0.4) is 0 Å². The first-order chi connectivity index (χ1) is 22.6. The fraction of sp³-hybridized carbons (Fsp3) is 0.556. The average molecular weight is 665 g/mol. The number of rotatable bonds is 14. The van der Waals surface area contributed by atoms with Gasteiger partial charge in [0.2, 0.25) is 15.9 Å². The Morgan fingerprint density at radius 2 is 1.74 bits per heavy atom. The van der Waals surface area contributed by atoms with Gasteiger partial charge in [-0.1, -0.05) is 36.8 Å². The summed E-state index contributed by atoms with van der Waals surface area (Å²) in [6.45, 7) is 9.03. The molecule has 2 fully saturated rings. The number of piperidine rings is 2. The van der Waals surface area contributed by atoms with Crippen LogP contribution in [0.5, 0.6) is 11.6 Å². The lowest BCUT2D eigenvalue weighted by Crippen LogP contribution is -2.50. The Morgan fingerprint density at radius 1 is 1.02 bits per heavy atom. The lowest BCUT2D eigenvalue weighted by atomic mass is 9.80. The quantitative estimate of drug-likeness (QED) is 0.245. The Balaban J connectivity index is 1.08. The molecule has 5 rings (SSSR count). The van der Waals surface area contributed by atoms with Crippen LogP contribution in [0.25, 0.3) is 0 Å². The molecule has 1 atom stereocenters. The molecular weight excluding hydrogens is 613 g/mol. The van der Waals surface area contributed by atoms with Gasteiger partial charge in [0.25, 0.3) is 0 Å². The standard InChI is InChI=1S/C36H52N6O4S/c1-28-24-32(45-5)25-29(2)35(28)47(43,44)42-21-10-9-14-31(42)27-46-34-15-19-38-33(39-34)26-37-18-11-20-41-22-16-36(17-23-41,40(3)4)30-12-7-6-8-13-30/h6-8,12-13,15,19,24-25,31,37H,9-11,14,16-18,20-23,26-27H2,1-5H3. The van der Waals surface area contributed by atoms with E-state index in [4.69, 9.17) is 9.47 Å². The summed E-state index contributed by atoms with van der Waals surface area (Å²) in [7, 11) is 2.29. The van der Waals surface area contributed by atoms with Gasteiger partial charge in [-0.05, 0) is 102 Å². The van der Waals surface area contributed by atoms with Crippen molar-refractivity contribution < 1.29 is 17.9 Å². The molecule has 1 unspecified atom stereocenters. The number of sulfonamides is 1. The minimum absolute atomic E-state index is 0.110. The molecule has 0 aliphatic carbocycles. The van der Waals surface area contributed by atoms with Gasteiger partial charge in [0.1, 0.15) is 18.2 Å². The van der Waals surface area contributed by atoms with Crippen LogP contribution in [-0.4, -0.2) is 99.1 Å². The second-order valence-electron chi connectivity index (χ2n) is 13.1. The first-order valence-corrected chi connectivity index (χ1v) is 18.4. The summed E-state index contributed by atoms with van der Waals surface area (Å²) in [5.41, 5.74) is 2.89. The maximum absolute atomic E-state index is 13.9. The number of aryl methyl sites for hydroxylation is 2. The van der Waals surface area contributed by atoms with Gasteiger partial charge in [-0.3, -0.25) is 4.90 Å². The molecule has 2 saturated heterocycles. The van der Waals surface area contributed by atoms with E-state index in [1.807, 2.05) is 13.8 Å². The van der Waals surface area contributed by atoms with Gasteiger partial charge in [-0.25, -0.2) is 13.4 Å². The molecule has 11 heteroatoms. The minimum Gasteiger partial charge on any atom is -0.497 e. The topological polar surface area (TPSA) is 100 Å². The molecule has 1 aromatic heterocycles. The average Bonchev–Trinajstić information content (AvgIpc) is 3.07. The van der Waals surface area contributed by atoms with Gasteiger partial charge in [0.05, 0.1) is 24.6 Å². The van der Waals surface area contributed by atoms with Crippen LogP contribution in [0.1, 0.15) is 61.0 Å². The summed E-state index contributed by atoms with van der Waals surface area (Å²) in [6, 6.07) is 15.9. The molecule has 0 radical (unpaired) electrons. The Hall–Kier alpha value is -3.09. The number of nitrogens with one attached hydrogen (secondary N) is 1. The highest BCUT2D eigenvalue weighted by molar-refractivity contribution is 7.89. The first kappa shape index (κ1) is 35.2. The minimum atomic E-state index is -3.71. The Labute approximate surface area is 281 Å². The number of likely N-dealkylation sites (tertiary alicyclic amines) is 1. The fourth-order valence-electron chi connectivity index (χ4n) is 7.25. The van der Waals surface area contributed by atoms with Crippen LogP contribution < -0.4 is 14.8 Å². The van der Waals surface area contributed by atoms with Crippen molar-refractivity contribution in [2.45, 2.75) is 75.4 Å². The number of methoxy groups -OCH3 is 1. The molecule has 0 spiro atoms. The second-order valence-corrected chi connectivity index (χ2v) is 15.0. The van der Waals surface area contributed by atoms with Crippen molar-refractivity contribution >= 4 is 10.0 Å². The molecule has 0 amide bonds. The van der Waals surface area contributed by atoms with E-state index in [0.717, 1.165) is 64.7 Å². The zero-order valence-electron chi connectivity index (χ0n) is 28.7. The Bertz CT molecular complexity index is 1540. The highest BCUT2D eigenvalue weighted by Crippen LogP contribution is 2.37. The normalized spacial score (nSPS) is 19.1. The highest BCUT2D eigenvalue weighted by atomic mass is 32.2. The smallest absolute Gasteiger partial charge is 0.243 e. The lowest BCUT2D eigenvalue weighted by Gasteiger charge is -2.46. The number of benzene rings is 2. The molecule has 3 heterocycles. The monoisotopic (exact) mass is 664 g/mol. The lowest BCUT2D eigenvalue weighted by molar-refractivity contribution is 0.0534. The van der Waals surface area contributed by atoms with E-state index < -0.39 is 10.0 Å². The van der Waals surface area contributed by atoms with Crippen molar-refractivity contribution in [3.8, 4) is 11.6 Å². The fourth-order valence-corrected chi connectivity index (χ4v) is 9.35. The largest absolute Gasteiger partial charge is 0.497 e. The van der Waals surface area contributed by atoms with Crippen molar-refractivity contribution in [1.82, 2.24) is 29.4 Å². The van der Waals surface area contributed by atoms with Crippen molar-refractivity contribution in [3.05, 3.63) is 77.2 Å². The summed E-state index contributed by atoms with van der Waals surface area (Å²) in [4.78, 5) is 14.4. The van der Waals surface area contributed by atoms with E-state index in [-0.39, 0.29) is 18.2 Å². The Kier molecular flexibility index (Phi) is 11.9. The molecule has 256 valence electrons. The van der Waals surface area contributed by atoms with Gasteiger partial charge < -0.3 is 19.7 Å². The molecule has 0 bridgehead atoms. The zero-order chi connectivity index (χ0) is 33.4. The van der Waals surface area contributed by atoms with Gasteiger partial charge >= 0.3 is 0 Å². The van der Waals surface area contributed by atoms with E-state index in [1.54, 1.807) is 35.8 Å². The number of hydrogen-bond acceptors (Lipinski definition) is 9. The summed E-state index contributed by atoms with van der Waals surface area (Å²) in [6.07, 6.45) is 7.54. The molecule has 0 saturated carbocycles. The van der Waals surface area contributed by atoms with Crippen molar-refractivity contribution in [1.29, 1.82) is 0 Å². The van der Waals surface area contributed by atoms with Crippen LogP contribution in [0.2, 0.25) is 0 Å². The number of nitrogens with zero attached hydrogens (tertiary/aromatic N) is 5. The van der Waals surface area contributed by atoms with Crippen molar-refractivity contribution in [3.63, 3.8) is 0 Å². The SMILES string of the molecule is COc1cc(C)c(S(=O)(=O)N2CCCCC2COc2ccnc(CNCCCN3CCC(c4ccccc4)(N(C)C)CC3)n2)c(C)c1.